The second kappa shape index (κ2) is 6.51. The maximum atomic E-state index is 8.95. The number of hydrogen-bond donors (Lipinski definition) is 2. The minimum atomic E-state index is 0.156. The standard InChI is InChI=1S/C13H21NO2/c1-10(8-15)9-16-13-7-5-4-6-12(13)11(2)14-3/h4-7,10-11,14-15H,8-9H2,1-3H3. The van der Waals surface area contributed by atoms with Crippen LogP contribution in [0.4, 0.5) is 0 Å². The van der Waals surface area contributed by atoms with Crippen LogP contribution < -0.4 is 10.1 Å². The molecular weight excluding hydrogens is 202 g/mol. The fourth-order valence-electron chi connectivity index (χ4n) is 1.41. The van der Waals surface area contributed by atoms with Gasteiger partial charge in [0.15, 0.2) is 0 Å². The number of para-hydroxylation sites is 1. The van der Waals surface area contributed by atoms with E-state index in [1.807, 2.05) is 32.2 Å². The zero-order valence-electron chi connectivity index (χ0n) is 10.2. The van der Waals surface area contributed by atoms with Gasteiger partial charge in [0.25, 0.3) is 0 Å². The summed E-state index contributed by atoms with van der Waals surface area (Å²) in [5.74, 6) is 1.06. The number of ether oxygens (including phenoxy) is 1. The van der Waals surface area contributed by atoms with Crippen molar-refractivity contribution in [2.24, 2.45) is 5.92 Å². The van der Waals surface area contributed by atoms with E-state index >= 15 is 0 Å². The second-order valence-corrected chi connectivity index (χ2v) is 4.15. The van der Waals surface area contributed by atoms with Crippen molar-refractivity contribution in [2.45, 2.75) is 19.9 Å². The molecule has 3 nitrogen and oxygen atoms in total. The first-order valence-corrected chi connectivity index (χ1v) is 5.68. The number of benzene rings is 1. The van der Waals surface area contributed by atoms with Crippen molar-refractivity contribution in [1.29, 1.82) is 0 Å². The van der Waals surface area contributed by atoms with Gasteiger partial charge in [-0.3, -0.25) is 0 Å². The fraction of sp³-hybridized carbons (Fsp3) is 0.538. The SMILES string of the molecule is CNC(C)c1ccccc1OCC(C)CO. The summed E-state index contributed by atoms with van der Waals surface area (Å²) in [4.78, 5) is 0. The zero-order valence-corrected chi connectivity index (χ0v) is 10.2. The summed E-state index contributed by atoms with van der Waals surface area (Å²) >= 11 is 0. The number of rotatable bonds is 6. The largest absolute Gasteiger partial charge is 0.493 e. The van der Waals surface area contributed by atoms with Crippen molar-refractivity contribution in [3.8, 4) is 5.75 Å². The van der Waals surface area contributed by atoms with E-state index in [9.17, 15) is 0 Å². The lowest BCUT2D eigenvalue weighted by Crippen LogP contribution is -2.16. The number of hydrogen-bond acceptors (Lipinski definition) is 3. The average Bonchev–Trinajstić information content (AvgIpc) is 2.35. The van der Waals surface area contributed by atoms with Gasteiger partial charge in [-0.05, 0) is 20.0 Å². The highest BCUT2D eigenvalue weighted by Crippen LogP contribution is 2.24. The Labute approximate surface area is 97.4 Å². The molecule has 1 aromatic rings. The van der Waals surface area contributed by atoms with Crippen molar-refractivity contribution in [2.75, 3.05) is 20.3 Å². The molecule has 0 saturated heterocycles. The van der Waals surface area contributed by atoms with E-state index in [1.165, 1.54) is 0 Å². The monoisotopic (exact) mass is 223 g/mol. The van der Waals surface area contributed by atoms with Crippen LogP contribution in [-0.2, 0) is 0 Å². The minimum absolute atomic E-state index is 0.156. The molecule has 0 aliphatic carbocycles. The highest BCUT2D eigenvalue weighted by Gasteiger charge is 2.10. The molecule has 1 rings (SSSR count). The predicted octanol–water partition coefficient (Wildman–Crippen LogP) is 1.97. The Bertz CT molecular complexity index is 315. The van der Waals surface area contributed by atoms with Gasteiger partial charge in [-0.1, -0.05) is 25.1 Å². The Morgan fingerprint density at radius 2 is 2.00 bits per heavy atom. The van der Waals surface area contributed by atoms with Gasteiger partial charge < -0.3 is 15.2 Å². The highest BCUT2D eigenvalue weighted by atomic mass is 16.5. The van der Waals surface area contributed by atoms with Gasteiger partial charge in [0.05, 0.1) is 6.61 Å². The lowest BCUT2D eigenvalue weighted by atomic mass is 10.1. The molecule has 0 amide bonds. The average molecular weight is 223 g/mol. The van der Waals surface area contributed by atoms with E-state index < -0.39 is 0 Å². The Balaban J connectivity index is 2.71. The van der Waals surface area contributed by atoms with E-state index in [1.54, 1.807) is 0 Å². The lowest BCUT2D eigenvalue weighted by Gasteiger charge is -2.17. The Morgan fingerprint density at radius 3 is 2.62 bits per heavy atom. The van der Waals surface area contributed by atoms with Crippen LogP contribution in [0.5, 0.6) is 5.75 Å². The molecule has 0 radical (unpaired) electrons. The Hall–Kier alpha value is -1.06. The second-order valence-electron chi connectivity index (χ2n) is 4.15. The summed E-state index contributed by atoms with van der Waals surface area (Å²) in [6.45, 7) is 4.76. The summed E-state index contributed by atoms with van der Waals surface area (Å²) < 4.78 is 5.71. The minimum Gasteiger partial charge on any atom is -0.493 e. The maximum Gasteiger partial charge on any atom is 0.124 e. The van der Waals surface area contributed by atoms with Crippen LogP contribution in [0.1, 0.15) is 25.5 Å². The molecule has 0 bridgehead atoms. The van der Waals surface area contributed by atoms with Crippen LogP contribution in [-0.4, -0.2) is 25.4 Å². The van der Waals surface area contributed by atoms with Gasteiger partial charge in [-0.15, -0.1) is 0 Å². The predicted molar refractivity (Wildman–Crippen MR) is 65.7 cm³/mol. The molecule has 0 saturated carbocycles. The normalized spacial score (nSPS) is 14.5. The molecule has 16 heavy (non-hydrogen) atoms. The third-order valence-electron chi connectivity index (χ3n) is 2.65. The first-order valence-electron chi connectivity index (χ1n) is 5.68. The van der Waals surface area contributed by atoms with E-state index in [2.05, 4.69) is 18.3 Å². The third-order valence-corrected chi connectivity index (χ3v) is 2.65. The number of nitrogens with one attached hydrogen (secondary N) is 1. The molecule has 3 heteroatoms. The molecule has 1 aromatic carbocycles. The fourth-order valence-corrected chi connectivity index (χ4v) is 1.41. The summed E-state index contributed by atoms with van der Waals surface area (Å²) in [7, 11) is 1.93. The molecular formula is C13H21NO2. The summed E-state index contributed by atoms with van der Waals surface area (Å²) in [5, 5.41) is 12.1. The summed E-state index contributed by atoms with van der Waals surface area (Å²) in [5.41, 5.74) is 1.15. The summed E-state index contributed by atoms with van der Waals surface area (Å²) in [6, 6.07) is 8.25. The zero-order chi connectivity index (χ0) is 12.0. The molecule has 2 N–H and O–H groups in total. The van der Waals surface area contributed by atoms with Crippen LogP contribution in [0.3, 0.4) is 0 Å². The topological polar surface area (TPSA) is 41.5 Å². The molecule has 0 aliphatic heterocycles. The Kier molecular flexibility index (Phi) is 5.29. The smallest absolute Gasteiger partial charge is 0.124 e. The van der Waals surface area contributed by atoms with Gasteiger partial charge in [-0.25, -0.2) is 0 Å². The van der Waals surface area contributed by atoms with Crippen molar-refractivity contribution in [3.63, 3.8) is 0 Å². The maximum absolute atomic E-state index is 8.95. The van der Waals surface area contributed by atoms with Gasteiger partial charge in [0, 0.05) is 24.1 Å². The quantitative estimate of drug-likeness (QED) is 0.774. The van der Waals surface area contributed by atoms with Crippen molar-refractivity contribution in [1.82, 2.24) is 5.32 Å². The highest BCUT2D eigenvalue weighted by molar-refractivity contribution is 5.35. The van der Waals surface area contributed by atoms with Crippen LogP contribution in [0, 0.1) is 5.92 Å². The first-order chi connectivity index (χ1) is 7.69. The van der Waals surface area contributed by atoms with Crippen LogP contribution >= 0.6 is 0 Å². The lowest BCUT2D eigenvalue weighted by molar-refractivity contribution is 0.173. The molecule has 2 atom stereocenters. The van der Waals surface area contributed by atoms with Gasteiger partial charge in [0.1, 0.15) is 5.75 Å². The third kappa shape index (κ3) is 3.51. The number of aliphatic hydroxyl groups excluding tert-OH is 1. The van der Waals surface area contributed by atoms with Gasteiger partial charge in [0.2, 0.25) is 0 Å². The molecule has 0 spiro atoms. The molecule has 2 unspecified atom stereocenters. The van der Waals surface area contributed by atoms with E-state index in [0.717, 1.165) is 11.3 Å². The molecule has 0 aromatic heterocycles. The van der Waals surface area contributed by atoms with Crippen LogP contribution in [0.15, 0.2) is 24.3 Å². The Morgan fingerprint density at radius 1 is 1.31 bits per heavy atom. The van der Waals surface area contributed by atoms with Gasteiger partial charge in [-0.2, -0.15) is 0 Å². The van der Waals surface area contributed by atoms with Crippen LogP contribution in [0.2, 0.25) is 0 Å². The summed E-state index contributed by atoms with van der Waals surface area (Å²) in [6.07, 6.45) is 0. The van der Waals surface area contributed by atoms with Crippen LogP contribution in [0.25, 0.3) is 0 Å². The van der Waals surface area contributed by atoms with E-state index in [0.29, 0.717) is 6.61 Å². The van der Waals surface area contributed by atoms with Gasteiger partial charge >= 0.3 is 0 Å². The molecule has 0 fully saturated rings. The van der Waals surface area contributed by atoms with E-state index in [4.69, 9.17) is 9.84 Å². The van der Waals surface area contributed by atoms with Crippen molar-refractivity contribution >= 4 is 0 Å². The number of aliphatic hydroxyl groups is 1. The van der Waals surface area contributed by atoms with Crippen molar-refractivity contribution in [3.05, 3.63) is 29.8 Å². The molecule has 90 valence electrons. The van der Waals surface area contributed by atoms with E-state index in [-0.39, 0.29) is 18.6 Å². The first kappa shape index (κ1) is 13.0. The molecule has 0 heterocycles. The molecule has 0 aliphatic rings. The van der Waals surface area contributed by atoms with Crippen molar-refractivity contribution < 1.29 is 9.84 Å².